The number of ketones is 1. The zero-order chi connectivity index (χ0) is 18.1. The minimum Gasteiger partial charge on any atom is -0.364 e. The minimum atomic E-state index is -0.114. The van der Waals surface area contributed by atoms with E-state index in [-0.39, 0.29) is 11.7 Å². The van der Waals surface area contributed by atoms with Crippen LogP contribution in [0.1, 0.15) is 43.1 Å². The van der Waals surface area contributed by atoms with Gasteiger partial charge in [-0.2, -0.15) is 0 Å². The fraction of sp³-hybridized carbons (Fsp3) is 0.182. The number of hydrogen-bond donors (Lipinski definition) is 1. The number of rotatable bonds is 4. The van der Waals surface area contributed by atoms with Crippen molar-refractivity contribution in [3.63, 3.8) is 0 Å². The molecule has 4 rings (SSSR count). The van der Waals surface area contributed by atoms with E-state index in [1.54, 1.807) is 6.20 Å². The first-order valence-electron chi connectivity index (χ1n) is 8.78. The molecule has 2 aromatic carbocycles. The lowest BCUT2D eigenvalue weighted by molar-refractivity contribution is 0.0722. The van der Waals surface area contributed by atoms with Crippen LogP contribution in [0.15, 0.2) is 60.8 Å². The predicted octanol–water partition coefficient (Wildman–Crippen LogP) is 3.75. The summed E-state index contributed by atoms with van der Waals surface area (Å²) >= 11 is 0. The number of aromatic nitrogens is 1. The zero-order valence-corrected chi connectivity index (χ0v) is 14.7. The highest BCUT2D eigenvalue weighted by Crippen LogP contribution is 2.25. The van der Waals surface area contributed by atoms with Gasteiger partial charge >= 0.3 is 0 Å². The van der Waals surface area contributed by atoms with Gasteiger partial charge in [0.25, 0.3) is 5.91 Å². The van der Waals surface area contributed by atoms with Crippen molar-refractivity contribution in [3.8, 4) is 0 Å². The molecule has 1 aliphatic rings. The molecule has 1 aliphatic heterocycles. The third-order valence-electron chi connectivity index (χ3n) is 4.87. The lowest BCUT2D eigenvalue weighted by Crippen LogP contribution is -2.37. The second kappa shape index (κ2) is 6.64. The predicted molar refractivity (Wildman–Crippen MR) is 100 cm³/mol. The summed E-state index contributed by atoms with van der Waals surface area (Å²) in [5.41, 5.74) is 4.64. The van der Waals surface area contributed by atoms with Gasteiger partial charge in [-0.1, -0.05) is 60.2 Å². The molecular formula is C22H20N2O2. The van der Waals surface area contributed by atoms with Crippen molar-refractivity contribution >= 4 is 11.7 Å². The molecule has 130 valence electrons. The summed E-state index contributed by atoms with van der Waals surface area (Å²) in [5.74, 6) is -0.191. The third kappa shape index (κ3) is 2.94. The van der Waals surface area contributed by atoms with Crippen molar-refractivity contribution in [2.24, 2.45) is 0 Å². The standard InChI is InChI=1S/C22H20N2O2/c1-15-7-9-17(10-8-15)21(25)18-13-23-19-11-12-24(22(26)20(18)19)14-16-5-3-2-4-6-16/h2-10,13,23H,11-12,14H2,1H3. The highest BCUT2D eigenvalue weighted by Gasteiger charge is 2.31. The molecule has 2 heterocycles. The van der Waals surface area contributed by atoms with Crippen LogP contribution in [0, 0.1) is 6.92 Å². The highest BCUT2D eigenvalue weighted by atomic mass is 16.2. The maximum atomic E-state index is 13.0. The molecule has 0 fully saturated rings. The van der Waals surface area contributed by atoms with E-state index in [0.717, 1.165) is 23.2 Å². The monoisotopic (exact) mass is 344 g/mol. The molecule has 1 N–H and O–H groups in total. The molecule has 4 heteroatoms. The normalized spacial score (nSPS) is 13.6. The van der Waals surface area contributed by atoms with Gasteiger partial charge in [-0.05, 0) is 12.5 Å². The third-order valence-corrected chi connectivity index (χ3v) is 4.87. The van der Waals surface area contributed by atoms with Gasteiger partial charge in [-0.3, -0.25) is 9.59 Å². The molecule has 0 bridgehead atoms. The Morgan fingerprint density at radius 3 is 2.54 bits per heavy atom. The van der Waals surface area contributed by atoms with Crippen LogP contribution in [0.5, 0.6) is 0 Å². The van der Waals surface area contributed by atoms with Crippen LogP contribution in [0.2, 0.25) is 0 Å². The van der Waals surface area contributed by atoms with Crippen LogP contribution in [-0.2, 0) is 13.0 Å². The topological polar surface area (TPSA) is 53.2 Å². The molecule has 0 atom stereocenters. The van der Waals surface area contributed by atoms with E-state index in [1.165, 1.54) is 0 Å². The van der Waals surface area contributed by atoms with Gasteiger partial charge in [0.15, 0.2) is 5.78 Å². The quantitative estimate of drug-likeness (QED) is 0.733. The number of carbonyl (C=O) groups is 2. The van der Waals surface area contributed by atoms with Gasteiger partial charge < -0.3 is 9.88 Å². The number of fused-ring (bicyclic) bond motifs is 1. The van der Waals surface area contributed by atoms with Gasteiger partial charge in [0.1, 0.15) is 0 Å². The average Bonchev–Trinajstić information content (AvgIpc) is 3.10. The number of H-pyrrole nitrogens is 1. The molecule has 0 unspecified atom stereocenters. The first-order valence-corrected chi connectivity index (χ1v) is 8.78. The van der Waals surface area contributed by atoms with Crippen molar-refractivity contribution in [2.45, 2.75) is 19.9 Å². The van der Waals surface area contributed by atoms with E-state index in [9.17, 15) is 9.59 Å². The van der Waals surface area contributed by atoms with Gasteiger partial charge in [0.2, 0.25) is 0 Å². The Balaban J connectivity index is 1.64. The van der Waals surface area contributed by atoms with Crippen molar-refractivity contribution in [2.75, 3.05) is 6.54 Å². The maximum absolute atomic E-state index is 13.0. The van der Waals surface area contributed by atoms with Crippen molar-refractivity contribution in [1.29, 1.82) is 0 Å². The van der Waals surface area contributed by atoms with Gasteiger partial charge in [-0.15, -0.1) is 0 Å². The Labute approximate surface area is 152 Å². The van der Waals surface area contributed by atoms with E-state index in [2.05, 4.69) is 4.98 Å². The van der Waals surface area contributed by atoms with Crippen LogP contribution < -0.4 is 0 Å². The van der Waals surface area contributed by atoms with Crippen molar-refractivity contribution in [1.82, 2.24) is 9.88 Å². The van der Waals surface area contributed by atoms with Crippen molar-refractivity contribution in [3.05, 3.63) is 94.3 Å². The number of aromatic amines is 1. The lowest BCUT2D eigenvalue weighted by atomic mass is 9.96. The molecule has 0 radical (unpaired) electrons. The summed E-state index contributed by atoms with van der Waals surface area (Å²) in [6.07, 6.45) is 2.41. The van der Waals surface area contributed by atoms with E-state index < -0.39 is 0 Å². The minimum absolute atomic E-state index is 0.0770. The Bertz CT molecular complexity index is 956. The molecule has 26 heavy (non-hydrogen) atoms. The number of carbonyl (C=O) groups excluding carboxylic acids is 2. The van der Waals surface area contributed by atoms with Gasteiger partial charge in [-0.25, -0.2) is 0 Å². The maximum Gasteiger partial charge on any atom is 0.256 e. The van der Waals surface area contributed by atoms with Gasteiger partial charge in [0.05, 0.1) is 11.1 Å². The number of benzene rings is 2. The second-order valence-electron chi connectivity index (χ2n) is 6.71. The highest BCUT2D eigenvalue weighted by molar-refractivity contribution is 6.16. The molecule has 0 saturated heterocycles. The summed E-state index contributed by atoms with van der Waals surface area (Å²) in [6.45, 7) is 3.19. The molecular weight excluding hydrogens is 324 g/mol. The second-order valence-corrected chi connectivity index (χ2v) is 6.71. The number of nitrogens with zero attached hydrogens (tertiary/aromatic N) is 1. The molecule has 3 aromatic rings. The Kier molecular flexibility index (Phi) is 4.17. The molecule has 1 amide bonds. The first kappa shape index (κ1) is 16.3. The van der Waals surface area contributed by atoms with Crippen LogP contribution >= 0.6 is 0 Å². The number of aryl methyl sites for hydroxylation is 1. The summed E-state index contributed by atoms with van der Waals surface area (Å²) in [5, 5.41) is 0. The number of hydrogen-bond acceptors (Lipinski definition) is 2. The van der Waals surface area contributed by atoms with Crippen LogP contribution in [0.4, 0.5) is 0 Å². The lowest BCUT2D eigenvalue weighted by Gasteiger charge is -2.27. The summed E-state index contributed by atoms with van der Waals surface area (Å²) in [7, 11) is 0. The van der Waals surface area contributed by atoms with E-state index >= 15 is 0 Å². The summed E-state index contributed by atoms with van der Waals surface area (Å²) in [6, 6.07) is 17.4. The smallest absolute Gasteiger partial charge is 0.256 e. The molecule has 0 aliphatic carbocycles. The van der Waals surface area contributed by atoms with Crippen LogP contribution in [0.3, 0.4) is 0 Å². The average molecular weight is 344 g/mol. The molecule has 1 aromatic heterocycles. The SMILES string of the molecule is Cc1ccc(C(=O)c2c[nH]c3c2C(=O)N(Cc2ccccc2)CC3)cc1. The Morgan fingerprint density at radius 1 is 1.08 bits per heavy atom. The molecule has 0 spiro atoms. The first-order chi connectivity index (χ1) is 12.6. The van der Waals surface area contributed by atoms with Crippen molar-refractivity contribution < 1.29 is 9.59 Å². The largest absolute Gasteiger partial charge is 0.364 e. The zero-order valence-electron chi connectivity index (χ0n) is 14.7. The van der Waals surface area contributed by atoms with E-state index in [1.807, 2.05) is 66.4 Å². The Hall–Kier alpha value is -3.14. The summed E-state index contributed by atoms with van der Waals surface area (Å²) in [4.78, 5) is 30.9. The van der Waals surface area contributed by atoms with E-state index in [0.29, 0.717) is 29.8 Å². The van der Waals surface area contributed by atoms with Gasteiger partial charge in [0, 0.05) is 37.0 Å². The number of nitrogens with one attached hydrogen (secondary N) is 1. The Morgan fingerprint density at radius 2 is 1.81 bits per heavy atom. The summed E-state index contributed by atoms with van der Waals surface area (Å²) < 4.78 is 0. The number of amides is 1. The van der Waals surface area contributed by atoms with Crippen LogP contribution in [0.25, 0.3) is 0 Å². The van der Waals surface area contributed by atoms with E-state index in [4.69, 9.17) is 0 Å². The fourth-order valence-electron chi connectivity index (χ4n) is 3.41. The molecule has 0 saturated carbocycles. The molecule has 4 nitrogen and oxygen atoms in total. The fourth-order valence-corrected chi connectivity index (χ4v) is 3.41. The van der Waals surface area contributed by atoms with Crippen LogP contribution in [-0.4, -0.2) is 28.1 Å².